The summed E-state index contributed by atoms with van der Waals surface area (Å²) in [5.41, 5.74) is -0.134. The van der Waals surface area contributed by atoms with Crippen LogP contribution in [0.4, 0.5) is 11.4 Å². The average Bonchev–Trinajstić information content (AvgIpc) is 3.54. The summed E-state index contributed by atoms with van der Waals surface area (Å²) in [5.74, 6) is -1.40. The number of ether oxygens (including phenoxy) is 1. The molecule has 0 saturated carbocycles. The molecule has 352 valence electrons. The zero-order valence-electron chi connectivity index (χ0n) is 35.1. The minimum absolute atomic E-state index is 0.00702. The molecule has 2 heterocycles. The maximum Gasteiger partial charge on any atom is 0.295 e. The second-order valence-electron chi connectivity index (χ2n) is 16.1. The molecule has 2 aliphatic heterocycles. The minimum Gasteiger partial charge on any atom is -0.748 e. The number of carbonyl (C=O) groups is 1. The van der Waals surface area contributed by atoms with E-state index in [1.165, 1.54) is 24.3 Å². The number of allylic oxidation sites excluding steroid dienone is 4. The topological polar surface area (TPSA) is 307 Å². The van der Waals surface area contributed by atoms with E-state index in [1.54, 1.807) is 47.6 Å². The molecule has 3 aromatic carbocycles. The van der Waals surface area contributed by atoms with Crippen LogP contribution in [0.2, 0.25) is 0 Å². The maximum absolute atomic E-state index is 12.8. The molecule has 0 fully saturated rings. The first kappa shape index (κ1) is 50.9. The molecule has 0 aliphatic carbocycles. The van der Waals surface area contributed by atoms with Gasteiger partial charge in [0, 0.05) is 53.0 Å². The lowest BCUT2D eigenvalue weighted by atomic mass is 9.74. The van der Waals surface area contributed by atoms with E-state index >= 15 is 0 Å². The van der Waals surface area contributed by atoms with Crippen molar-refractivity contribution in [1.29, 1.82) is 0 Å². The number of hydrogen-bond donors (Lipinski definition) is 4. The Balaban J connectivity index is 1.82. The van der Waals surface area contributed by atoms with E-state index in [2.05, 4.69) is 0 Å². The Morgan fingerprint density at radius 2 is 1.44 bits per heavy atom. The molecule has 2 aliphatic rings. The first-order valence-corrected chi connectivity index (χ1v) is 27.5. The van der Waals surface area contributed by atoms with E-state index in [-0.39, 0.29) is 60.2 Å². The van der Waals surface area contributed by atoms with Crippen LogP contribution in [0.15, 0.2) is 81.1 Å². The van der Waals surface area contributed by atoms with Gasteiger partial charge in [-0.1, -0.05) is 44.4 Å². The first-order chi connectivity index (χ1) is 29.6. The normalized spacial score (nSPS) is 20.1. The number of nitrogens with zero attached hydrogens (tertiary/aromatic N) is 2. The van der Waals surface area contributed by atoms with Crippen molar-refractivity contribution in [2.75, 3.05) is 36.1 Å². The van der Waals surface area contributed by atoms with Crippen molar-refractivity contribution in [1.82, 2.24) is 0 Å². The minimum atomic E-state index is -5.11. The number of benzene rings is 3. The summed E-state index contributed by atoms with van der Waals surface area (Å²) in [6.07, 6.45) is 7.08. The lowest BCUT2D eigenvalue weighted by Gasteiger charge is -2.31. The fourth-order valence-electron chi connectivity index (χ4n) is 9.12. The molecule has 2 atom stereocenters. The van der Waals surface area contributed by atoms with E-state index < -0.39 is 82.7 Å². The summed E-state index contributed by atoms with van der Waals surface area (Å²) in [7, 11) is -24.1. The van der Waals surface area contributed by atoms with Crippen LogP contribution in [0.5, 0.6) is 0 Å². The number of carbonyl (C=O) groups excluding carboxylic acids is 1. The van der Waals surface area contributed by atoms with Gasteiger partial charge in [-0.15, -0.1) is 0 Å². The Morgan fingerprint density at radius 1 is 0.750 bits per heavy atom. The van der Waals surface area contributed by atoms with Gasteiger partial charge in [-0.2, -0.15) is 38.2 Å². The molecule has 3 aromatic rings. The average molecular weight is 991 g/mol. The summed E-state index contributed by atoms with van der Waals surface area (Å²) in [5, 5.41) is -0.0958. The molecular weight excluding hydrogens is 941 g/mol. The van der Waals surface area contributed by atoms with Crippen molar-refractivity contribution in [3.8, 4) is 0 Å². The molecule has 24 heteroatoms. The lowest BCUT2D eigenvalue weighted by Crippen LogP contribution is -2.33. The molecule has 19 nitrogen and oxygen atoms in total. The van der Waals surface area contributed by atoms with Crippen molar-refractivity contribution < 1.29 is 79.0 Å². The smallest absolute Gasteiger partial charge is 0.295 e. The highest BCUT2D eigenvalue weighted by Crippen LogP contribution is 2.54. The van der Waals surface area contributed by atoms with Crippen LogP contribution in [0.25, 0.3) is 10.8 Å². The Morgan fingerprint density at radius 3 is 2.03 bits per heavy atom. The zero-order valence-corrected chi connectivity index (χ0v) is 39.2. The zero-order chi connectivity index (χ0) is 47.7. The molecule has 0 spiro atoms. The second kappa shape index (κ2) is 19.0. The van der Waals surface area contributed by atoms with Gasteiger partial charge in [-0.05, 0) is 80.8 Å². The van der Waals surface area contributed by atoms with Crippen LogP contribution in [-0.2, 0) is 71.0 Å². The number of unbranched alkanes of at least 4 members (excludes halogenated alkanes) is 2. The van der Waals surface area contributed by atoms with E-state index in [1.807, 2.05) is 6.92 Å². The van der Waals surface area contributed by atoms with Gasteiger partial charge in [0.2, 0.25) is 5.69 Å². The molecule has 0 saturated heterocycles. The van der Waals surface area contributed by atoms with E-state index in [9.17, 15) is 69.6 Å². The summed E-state index contributed by atoms with van der Waals surface area (Å²) in [6.45, 7) is 5.67. The van der Waals surface area contributed by atoms with Crippen molar-refractivity contribution in [2.24, 2.45) is 0 Å². The van der Waals surface area contributed by atoms with Crippen molar-refractivity contribution in [3.63, 3.8) is 0 Å². The van der Waals surface area contributed by atoms with Crippen LogP contribution in [0.3, 0.4) is 0 Å². The number of fused-ring (bicyclic) bond motifs is 4. The van der Waals surface area contributed by atoms with Gasteiger partial charge in [0.15, 0.2) is 5.71 Å². The third-order valence-electron chi connectivity index (χ3n) is 11.6. The van der Waals surface area contributed by atoms with Gasteiger partial charge in [-0.3, -0.25) is 23.0 Å². The number of rotatable bonds is 22. The molecule has 0 radical (unpaired) electrons. The molecule has 64 heavy (non-hydrogen) atoms. The fraction of sp³-hybridized carbons (Fsp3) is 0.450. The molecule has 0 aromatic heterocycles. The van der Waals surface area contributed by atoms with Gasteiger partial charge in [0.1, 0.15) is 16.3 Å². The Hall–Kier alpha value is -4.11. The second-order valence-corrected chi connectivity index (χ2v) is 23.4. The number of hydrogen-bond acceptors (Lipinski definition) is 14. The highest BCUT2D eigenvalue weighted by Gasteiger charge is 2.50. The molecule has 0 amide bonds. The van der Waals surface area contributed by atoms with Crippen molar-refractivity contribution in [3.05, 3.63) is 77.5 Å². The highest BCUT2D eigenvalue weighted by molar-refractivity contribution is 7.87. The summed E-state index contributed by atoms with van der Waals surface area (Å²) >= 11 is 0. The third-order valence-corrected chi connectivity index (χ3v) is 15.8. The fourth-order valence-corrected chi connectivity index (χ4v) is 12.3. The first-order valence-electron chi connectivity index (χ1n) is 20.0. The number of anilines is 1. The summed E-state index contributed by atoms with van der Waals surface area (Å²) < 4.78 is 182. The lowest BCUT2D eigenvalue weighted by molar-refractivity contribution is -0.437. The van der Waals surface area contributed by atoms with Gasteiger partial charge >= 0.3 is 0 Å². The molecule has 4 N–H and O–H groups in total. The van der Waals surface area contributed by atoms with Gasteiger partial charge in [0.25, 0.3) is 46.9 Å². The van der Waals surface area contributed by atoms with Gasteiger partial charge < -0.3 is 14.2 Å². The predicted octanol–water partition coefficient (Wildman–Crippen LogP) is 4.90. The monoisotopic (exact) mass is 990 g/mol. The molecule has 5 rings (SSSR count). The van der Waals surface area contributed by atoms with Crippen LogP contribution in [0.1, 0.15) is 83.3 Å². The van der Waals surface area contributed by atoms with Crippen molar-refractivity contribution in [2.45, 2.75) is 97.7 Å². The Kier molecular flexibility index (Phi) is 15.1. The SMILES string of the molecule is CCCC1(C)C(/C=C/C=C2/N(CCCS(=O)(=O)O)c3ccc4c(S(=O)(=O)O)cc(S(=O)(=O)O)cc4c3C2(C)CCCCCOC=O)=[N+](CCCS(=O)(=O)[O-])c2cccc(S(=O)(=O)O)c21. The van der Waals surface area contributed by atoms with Crippen LogP contribution < -0.4 is 4.90 Å². The van der Waals surface area contributed by atoms with Crippen LogP contribution >= 0.6 is 0 Å². The van der Waals surface area contributed by atoms with Gasteiger partial charge in [-0.25, -0.2) is 8.42 Å². The van der Waals surface area contributed by atoms with Crippen LogP contribution in [-0.4, -0.2) is 113 Å². The van der Waals surface area contributed by atoms with Crippen LogP contribution in [0, 0.1) is 0 Å². The highest BCUT2D eigenvalue weighted by atomic mass is 32.2. The third kappa shape index (κ3) is 11.1. The van der Waals surface area contributed by atoms with E-state index in [4.69, 9.17) is 4.74 Å². The van der Waals surface area contributed by atoms with Gasteiger partial charge in [0.05, 0.1) is 38.4 Å². The summed E-state index contributed by atoms with van der Waals surface area (Å²) in [4.78, 5) is 10.5. The summed E-state index contributed by atoms with van der Waals surface area (Å²) in [6, 6.07) is 8.80. The Labute approximate surface area is 373 Å². The largest absolute Gasteiger partial charge is 0.748 e. The van der Waals surface area contributed by atoms with E-state index in [0.717, 1.165) is 6.07 Å². The molecule has 0 bridgehead atoms. The standard InChI is InChI=1S/C40H50N2O17S5/c1-4-18-39(2)35(41(20-10-23-60(44,45)46)31-12-8-13-33(38(31)39)63(53,54)55)14-9-15-36-40(3,19-6-5-7-22-59-27-43)37-30-25-28(62(50,51)52)26-34(64(56,57)58)29(30)16-17-32(37)42(36)21-11-24-61(47,48)49/h8-9,12-17,25-27H,4-7,10-11,18-24H2,1-3H3,(H4-,44,45,46,47,48,49,50,51,52,53,54,55,56,57,58). The molecular formula is C40H50N2O17S5. The predicted molar refractivity (Wildman–Crippen MR) is 235 cm³/mol. The quantitative estimate of drug-likeness (QED) is 0.0450. The maximum atomic E-state index is 12.8. The molecule has 2 unspecified atom stereocenters. The van der Waals surface area contributed by atoms with Crippen molar-refractivity contribution >= 4 is 84.9 Å². The van der Waals surface area contributed by atoms with E-state index in [0.29, 0.717) is 73.0 Å². The Bertz CT molecular complexity index is 3000.